The molecular weight excluding hydrogens is 220 g/mol. The van der Waals surface area contributed by atoms with E-state index in [0.29, 0.717) is 6.42 Å². The normalized spacial score (nSPS) is 29.8. The van der Waals surface area contributed by atoms with E-state index in [4.69, 9.17) is 9.47 Å². The standard InChI is InChI=1S/C13H22O4/c1-9(2)17-13(15)7-5-10-4-6-11(14)12(8-10)16-3/h5,7,9-12,14H,4,6,8H2,1-3H3/b7-5+. The fourth-order valence-electron chi connectivity index (χ4n) is 2.06. The molecule has 4 nitrogen and oxygen atoms in total. The van der Waals surface area contributed by atoms with E-state index in [1.807, 2.05) is 19.9 Å². The zero-order valence-corrected chi connectivity index (χ0v) is 10.8. The molecule has 4 heteroatoms. The fraction of sp³-hybridized carbons (Fsp3) is 0.769. The topological polar surface area (TPSA) is 55.8 Å². The Morgan fingerprint density at radius 1 is 1.41 bits per heavy atom. The summed E-state index contributed by atoms with van der Waals surface area (Å²) in [6, 6.07) is 0. The molecule has 17 heavy (non-hydrogen) atoms. The van der Waals surface area contributed by atoms with Gasteiger partial charge in [-0.3, -0.25) is 0 Å². The quantitative estimate of drug-likeness (QED) is 0.602. The number of hydrogen-bond donors (Lipinski definition) is 1. The molecule has 0 amide bonds. The predicted octanol–water partition coefficient (Wildman–Crippen LogP) is 1.67. The highest BCUT2D eigenvalue weighted by atomic mass is 16.5. The molecule has 0 aromatic heterocycles. The van der Waals surface area contributed by atoms with Gasteiger partial charge in [-0.15, -0.1) is 0 Å². The van der Waals surface area contributed by atoms with Crippen molar-refractivity contribution in [3.05, 3.63) is 12.2 Å². The molecule has 1 saturated carbocycles. The third-order valence-electron chi connectivity index (χ3n) is 2.96. The van der Waals surface area contributed by atoms with E-state index in [1.165, 1.54) is 6.08 Å². The molecule has 0 spiro atoms. The first kappa shape index (κ1) is 14.2. The Bertz CT molecular complexity index is 273. The summed E-state index contributed by atoms with van der Waals surface area (Å²) in [6.07, 6.45) is 5.10. The van der Waals surface area contributed by atoms with E-state index in [0.717, 1.165) is 12.8 Å². The minimum absolute atomic E-state index is 0.0907. The highest BCUT2D eigenvalue weighted by Crippen LogP contribution is 2.27. The Labute approximate surface area is 103 Å². The molecule has 1 aliphatic carbocycles. The van der Waals surface area contributed by atoms with Gasteiger partial charge in [-0.2, -0.15) is 0 Å². The summed E-state index contributed by atoms with van der Waals surface area (Å²) in [7, 11) is 1.60. The van der Waals surface area contributed by atoms with Crippen LogP contribution in [-0.2, 0) is 14.3 Å². The molecule has 98 valence electrons. The summed E-state index contributed by atoms with van der Waals surface area (Å²) in [4.78, 5) is 11.3. The lowest BCUT2D eigenvalue weighted by Crippen LogP contribution is -2.34. The molecule has 0 saturated heterocycles. The maximum absolute atomic E-state index is 11.3. The molecule has 0 aromatic rings. The first-order valence-electron chi connectivity index (χ1n) is 6.12. The Balaban J connectivity index is 2.41. The Hall–Kier alpha value is -0.870. The monoisotopic (exact) mass is 242 g/mol. The number of carbonyl (C=O) groups is 1. The lowest BCUT2D eigenvalue weighted by molar-refractivity contribution is -0.141. The van der Waals surface area contributed by atoms with Crippen LogP contribution in [0.3, 0.4) is 0 Å². The van der Waals surface area contributed by atoms with Gasteiger partial charge in [0.2, 0.25) is 0 Å². The van der Waals surface area contributed by atoms with Crippen molar-refractivity contribution >= 4 is 5.97 Å². The van der Waals surface area contributed by atoms with Crippen LogP contribution in [0.25, 0.3) is 0 Å². The Morgan fingerprint density at radius 3 is 2.71 bits per heavy atom. The third kappa shape index (κ3) is 4.88. The van der Waals surface area contributed by atoms with Crippen LogP contribution in [0.4, 0.5) is 0 Å². The van der Waals surface area contributed by atoms with Crippen LogP contribution in [0, 0.1) is 5.92 Å². The maximum atomic E-state index is 11.3. The van der Waals surface area contributed by atoms with Crippen molar-refractivity contribution in [1.82, 2.24) is 0 Å². The van der Waals surface area contributed by atoms with Crippen LogP contribution in [0.1, 0.15) is 33.1 Å². The first-order valence-corrected chi connectivity index (χ1v) is 6.12. The van der Waals surface area contributed by atoms with E-state index >= 15 is 0 Å². The minimum atomic E-state index is -0.382. The number of carbonyl (C=O) groups excluding carboxylic acids is 1. The van der Waals surface area contributed by atoms with Crippen LogP contribution >= 0.6 is 0 Å². The van der Waals surface area contributed by atoms with Crippen molar-refractivity contribution in [3.63, 3.8) is 0 Å². The van der Waals surface area contributed by atoms with Crippen LogP contribution < -0.4 is 0 Å². The molecule has 0 aliphatic heterocycles. The van der Waals surface area contributed by atoms with E-state index in [-0.39, 0.29) is 30.2 Å². The van der Waals surface area contributed by atoms with Gasteiger partial charge in [0.1, 0.15) is 0 Å². The molecule has 3 unspecified atom stereocenters. The number of aliphatic hydroxyl groups is 1. The Kier molecular flexibility index (Phi) is 5.65. The summed E-state index contributed by atoms with van der Waals surface area (Å²) < 4.78 is 10.2. The second-order valence-electron chi connectivity index (χ2n) is 4.76. The van der Waals surface area contributed by atoms with Crippen molar-refractivity contribution in [2.75, 3.05) is 7.11 Å². The molecule has 1 fully saturated rings. The van der Waals surface area contributed by atoms with Crippen LogP contribution in [-0.4, -0.2) is 36.5 Å². The van der Waals surface area contributed by atoms with Gasteiger partial charge in [-0.25, -0.2) is 4.79 Å². The number of hydrogen-bond acceptors (Lipinski definition) is 4. The van der Waals surface area contributed by atoms with Crippen molar-refractivity contribution in [3.8, 4) is 0 Å². The van der Waals surface area contributed by atoms with Crippen molar-refractivity contribution < 1.29 is 19.4 Å². The molecular formula is C13H22O4. The second-order valence-corrected chi connectivity index (χ2v) is 4.76. The van der Waals surface area contributed by atoms with E-state index < -0.39 is 0 Å². The number of ether oxygens (including phenoxy) is 2. The van der Waals surface area contributed by atoms with Crippen molar-refractivity contribution in [1.29, 1.82) is 0 Å². The van der Waals surface area contributed by atoms with Gasteiger partial charge in [0.15, 0.2) is 0 Å². The van der Waals surface area contributed by atoms with Crippen LogP contribution in [0.15, 0.2) is 12.2 Å². The number of allylic oxidation sites excluding steroid dienone is 1. The summed E-state index contributed by atoms with van der Waals surface area (Å²) in [5, 5.41) is 9.64. The van der Waals surface area contributed by atoms with Crippen molar-refractivity contribution in [2.24, 2.45) is 5.92 Å². The zero-order chi connectivity index (χ0) is 12.8. The van der Waals surface area contributed by atoms with E-state index in [2.05, 4.69) is 0 Å². The fourth-order valence-corrected chi connectivity index (χ4v) is 2.06. The van der Waals surface area contributed by atoms with Crippen LogP contribution in [0.2, 0.25) is 0 Å². The molecule has 0 aromatic carbocycles. The Morgan fingerprint density at radius 2 is 2.12 bits per heavy atom. The van der Waals surface area contributed by atoms with Gasteiger partial charge in [0.05, 0.1) is 18.3 Å². The van der Waals surface area contributed by atoms with Gasteiger partial charge >= 0.3 is 5.97 Å². The first-order chi connectivity index (χ1) is 8.02. The largest absolute Gasteiger partial charge is 0.460 e. The highest BCUT2D eigenvalue weighted by molar-refractivity contribution is 5.82. The minimum Gasteiger partial charge on any atom is -0.460 e. The number of aliphatic hydroxyl groups excluding tert-OH is 1. The maximum Gasteiger partial charge on any atom is 0.330 e. The molecule has 0 bridgehead atoms. The lowest BCUT2D eigenvalue weighted by atomic mass is 9.85. The van der Waals surface area contributed by atoms with Gasteiger partial charge in [-0.05, 0) is 39.0 Å². The van der Waals surface area contributed by atoms with E-state index in [1.54, 1.807) is 7.11 Å². The number of methoxy groups -OCH3 is 1. The average molecular weight is 242 g/mol. The summed E-state index contributed by atoms with van der Waals surface area (Å²) >= 11 is 0. The van der Waals surface area contributed by atoms with Gasteiger partial charge in [0, 0.05) is 13.2 Å². The van der Waals surface area contributed by atoms with Gasteiger partial charge < -0.3 is 14.6 Å². The smallest absolute Gasteiger partial charge is 0.330 e. The summed E-state index contributed by atoms with van der Waals surface area (Å²) in [5.74, 6) is -0.0249. The number of esters is 1. The van der Waals surface area contributed by atoms with Gasteiger partial charge in [-0.1, -0.05) is 6.08 Å². The molecule has 0 radical (unpaired) electrons. The summed E-state index contributed by atoms with van der Waals surface area (Å²) in [6.45, 7) is 3.65. The summed E-state index contributed by atoms with van der Waals surface area (Å²) in [5.41, 5.74) is 0. The van der Waals surface area contributed by atoms with Crippen molar-refractivity contribution in [2.45, 2.75) is 51.4 Å². The lowest BCUT2D eigenvalue weighted by Gasteiger charge is -2.30. The zero-order valence-electron chi connectivity index (χ0n) is 10.8. The molecule has 1 rings (SSSR count). The highest BCUT2D eigenvalue weighted by Gasteiger charge is 2.27. The predicted molar refractivity (Wildman–Crippen MR) is 64.5 cm³/mol. The average Bonchev–Trinajstić information content (AvgIpc) is 2.27. The van der Waals surface area contributed by atoms with Gasteiger partial charge in [0.25, 0.3) is 0 Å². The second kappa shape index (κ2) is 6.77. The third-order valence-corrected chi connectivity index (χ3v) is 2.96. The molecule has 1 aliphatic rings. The van der Waals surface area contributed by atoms with Crippen LogP contribution in [0.5, 0.6) is 0 Å². The number of rotatable bonds is 4. The molecule has 1 N–H and O–H groups in total. The SMILES string of the molecule is COC1CC(/C=C/C(=O)OC(C)C)CCC1O. The molecule has 0 heterocycles. The van der Waals surface area contributed by atoms with E-state index in [9.17, 15) is 9.90 Å². The molecule has 3 atom stereocenters.